The Bertz CT molecular complexity index is 265. The number of rotatable bonds is 2. The van der Waals surface area contributed by atoms with Crippen LogP contribution >= 0.6 is 0 Å². The second kappa shape index (κ2) is 2.86. The molecule has 0 spiro atoms. The summed E-state index contributed by atoms with van der Waals surface area (Å²) in [6.07, 6.45) is 6.75. The normalized spacial score (nSPS) is 35.5. The predicted molar refractivity (Wildman–Crippen MR) is 53.6 cm³/mol. The Morgan fingerprint density at radius 3 is 2.92 bits per heavy atom. The number of fused-ring (bicyclic) bond motifs is 1. The second-order valence-electron chi connectivity index (χ2n) is 4.66. The first kappa shape index (κ1) is 8.79. The molecule has 2 nitrogen and oxygen atoms in total. The summed E-state index contributed by atoms with van der Waals surface area (Å²) in [5, 5.41) is 3.84. The largest absolute Gasteiger partial charge is 0.399 e. The first-order valence-electron chi connectivity index (χ1n) is 4.93. The van der Waals surface area contributed by atoms with Gasteiger partial charge in [0.05, 0.1) is 6.21 Å². The van der Waals surface area contributed by atoms with Crippen LogP contribution in [-0.2, 0) is 4.84 Å². The van der Waals surface area contributed by atoms with Crippen molar-refractivity contribution < 1.29 is 4.84 Å². The van der Waals surface area contributed by atoms with Crippen LogP contribution in [0.5, 0.6) is 0 Å². The van der Waals surface area contributed by atoms with Gasteiger partial charge in [0.1, 0.15) is 7.11 Å². The molecule has 0 unspecified atom stereocenters. The molecule has 13 heavy (non-hydrogen) atoms. The fourth-order valence-electron chi connectivity index (χ4n) is 2.66. The van der Waals surface area contributed by atoms with Crippen LogP contribution in [0.4, 0.5) is 0 Å². The Balaban J connectivity index is 2.14. The second-order valence-corrected chi connectivity index (χ2v) is 4.66. The molecule has 3 aliphatic rings. The van der Waals surface area contributed by atoms with Gasteiger partial charge in [-0.1, -0.05) is 25.1 Å². The summed E-state index contributed by atoms with van der Waals surface area (Å²) in [4.78, 5) is 4.71. The Kier molecular flexibility index (Phi) is 1.94. The number of hydrogen-bond donors (Lipinski definition) is 0. The molecule has 3 rings (SSSR count). The van der Waals surface area contributed by atoms with Crippen molar-refractivity contribution in [3.05, 3.63) is 11.6 Å². The summed E-state index contributed by atoms with van der Waals surface area (Å²) in [7, 11) is 1.59. The molecule has 0 amide bonds. The van der Waals surface area contributed by atoms with Gasteiger partial charge >= 0.3 is 0 Å². The SMILES string of the molecule is CO/N=C/C1=CC[C@@H]2C[C@H]1C2(C)C. The molecule has 0 saturated heterocycles. The topological polar surface area (TPSA) is 21.6 Å². The van der Waals surface area contributed by atoms with Crippen molar-refractivity contribution in [2.24, 2.45) is 22.4 Å². The van der Waals surface area contributed by atoms with Crippen molar-refractivity contribution in [1.29, 1.82) is 0 Å². The maximum absolute atomic E-state index is 4.71. The number of nitrogens with zero attached hydrogens (tertiary/aromatic N) is 1. The molecule has 1 fully saturated rings. The molecule has 0 aliphatic heterocycles. The number of oxime groups is 1. The summed E-state index contributed by atoms with van der Waals surface area (Å²) in [5.74, 6) is 1.61. The van der Waals surface area contributed by atoms with Crippen LogP contribution in [0.15, 0.2) is 16.8 Å². The van der Waals surface area contributed by atoms with E-state index in [4.69, 9.17) is 4.84 Å². The maximum Gasteiger partial charge on any atom is 0.106 e. The Morgan fingerprint density at radius 2 is 2.38 bits per heavy atom. The molecule has 72 valence electrons. The van der Waals surface area contributed by atoms with E-state index in [2.05, 4.69) is 25.1 Å². The Hall–Kier alpha value is -0.790. The van der Waals surface area contributed by atoms with Gasteiger partial charge in [0.15, 0.2) is 0 Å². The lowest BCUT2D eigenvalue weighted by atomic mass is 9.49. The van der Waals surface area contributed by atoms with E-state index in [1.54, 1.807) is 7.11 Å². The van der Waals surface area contributed by atoms with Crippen molar-refractivity contribution in [2.45, 2.75) is 26.7 Å². The fraction of sp³-hybridized carbons (Fsp3) is 0.727. The summed E-state index contributed by atoms with van der Waals surface area (Å²) in [6.45, 7) is 4.72. The van der Waals surface area contributed by atoms with Gasteiger partial charge in [0, 0.05) is 0 Å². The third-order valence-electron chi connectivity index (χ3n) is 3.82. The van der Waals surface area contributed by atoms with Crippen molar-refractivity contribution in [3.8, 4) is 0 Å². The van der Waals surface area contributed by atoms with Crippen molar-refractivity contribution >= 4 is 6.21 Å². The van der Waals surface area contributed by atoms with Gasteiger partial charge in [-0.3, -0.25) is 0 Å². The maximum atomic E-state index is 4.71. The van der Waals surface area contributed by atoms with Crippen LogP contribution in [0.3, 0.4) is 0 Å². The van der Waals surface area contributed by atoms with Crippen LogP contribution in [0.25, 0.3) is 0 Å². The molecule has 3 aliphatic carbocycles. The molecule has 2 heteroatoms. The highest BCUT2D eigenvalue weighted by Crippen LogP contribution is 2.58. The lowest BCUT2D eigenvalue weighted by Gasteiger charge is -2.55. The molecule has 0 aromatic rings. The van der Waals surface area contributed by atoms with E-state index in [1.807, 2.05) is 6.21 Å². The number of allylic oxidation sites excluding steroid dienone is 2. The first-order chi connectivity index (χ1) is 6.16. The average molecular weight is 179 g/mol. The van der Waals surface area contributed by atoms with Crippen molar-refractivity contribution in [2.75, 3.05) is 7.11 Å². The van der Waals surface area contributed by atoms with Crippen LogP contribution in [0.2, 0.25) is 0 Å². The summed E-state index contributed by atoms with van der Waals surface area (Å²) in [6, 6.07) is 0. The third kappa shape index (κ3) is 1.19. The Labute approximate surface area is 79.7 Å². The van der Waals surface area contributed by atoms with Crippen LogP contribution < -0.4 is 0 Å². The monoisotopic (exact) mass is 179 g/mol. The molecular formula is C11H17NO. The van der Waals surface area contributed by atoms with Gasteiger partial charge in [-0.25, -0.2) is 0 Å². The van der Waals surface area contributed by atoms with Crippen LogP contribution in [-0.4, -0.2) is 13.3 Å². The van der Waals surface area contributed by atoms with Crippen LogP contribution in [0, 0.1) is 17.3 Å². The van der Waals surface area contributed by atoms with E-state index in [0.717, 1.165) is 5.92 Å². The van der Waals surface area contributed by atoms with E-state index in [1.165, 1.54) is 18.4 Å². The van der Waals surface area contributed by atoms with Gasteiger partial charge in [-0.15, -0.1) is 0 Å². The molecule has 0 heterocycles. The van der Waals surface area contributed by atoms with E-state index in [-0.39, 0.29) is 0 Å². The molecule has 0 aromatic heterocycles. The lowest BCUT2D eigenvalue weighted by molar-refractivity contribution is -0.00148. The van der Waals surface area contributed by atoms with Gasteiger partial charge in [-0.2, -0.15) is 0 Å². The van der Waals surface area contributed by atoms with Gasteiger partial charge in [0.25, 0.3) is 0 Å². The molecule has 2 atom stereocenters. The Morgan fingerprint density at radius 1 is 1.62 bits per heavy atom. The van der Waals surface area contributed by atoms with E-state index in [0.29, 0.717) is 11.3 Å². The summed E-state index contributed by atoms with van der Waals surface area (Å²) in [5.41, 5.74) is 1.86. The van der Waals surface area contributed by atoms with Gasteiger partial charge in [-0.05, 0) is 35.7 Å². The predicted octanol–water partition coefficient (Wildman–Crippen LogP) is 2.61. The highest BCUT2D eigenvalue weighted by atomic mass is 16.6. The molecule has 1 saturated carbocycles. The van der Waals surface area contributed by atoms with Crippen LogP contribution in [0.1, 0.15) is 26.7 Å². The highest BCUT2D eigenvalue weighted by molar-refractivity contribution is 5.80. The zero-order chi connectivity index (χ0) is 9.47. The zero-order valence-corrected chi connectivity index (χ0v) is 8.58. The third-order valence-corrected chi connectivity index (χ3v) is 3.82. The first-order valence-corrected chi connectivity index (χ1v) is 4.93. The zero-order valence-electron chi connectivity index (χ0n) is 8.58. The molecule has 0 aromatic carbocycles. The summed E-state index contributed by atoms with van der Waals surface area (Å²) >= 11 is 0. The smallest absolute Gasteiger partial charge is 0.106 e. The molecule has 0 N–H and O–H groups in total. The lowest BCUT2D eigenvalue weighted by Crippen LogP contribution is -2.48. The van der Waals surface area contributed by atoms with Crippen molar-refractivity contribution in [3.63, 3.8) is 0 Å². The van der Waals surface area contributed by atoms with Gasteiger partial charge in [0.2, 0.25) is 0 Å². The van der Waals surface area contributed by atoms with Crippen molar-refractivity contribution in [1.82, 2.24) is 0 Å². The summed E-state index contributed by atoms with van der Waals surface area (Å²) < 4.78 is 0. The molecule has 2 bridgehead atoms. The van der Waals surface area contributed by atoms with E-state index < -0.39 is 0 Å². The van der Waals surface area contributed by atoms with E-state index in [9.17, 15) is 0 Å². The standard InChI is InChI=1S/C11H17NO/c1-11(2)9-5-4-8(7-12-13-3)10(11)6-9/h4,7,9-10H,5-6H2,1-3H3/b12-7+/t9-,10-/m1/s1. The quantitative estimate of drug-likeness (QED) is 0.471. The molecule has 0 radical (unpaired) electrons. The highest BCUT2D eigenvalue weighted by Gasteiger charge is 2.50. The van der Waals surface area contributed by atoms with E-state index >= 15 is 0 Å². The minimum atomic E-state index is 0.490. The molecular weight excluding hydrogens is 162 g/mol. The average Bonchev–Trinajstić information content (AvgIpc) is 2.14. The fourth-order valence-corrected chi connectivity index (χ4v) is 2.66. The van der Waals surface area contributed by atoms with Gasteiger partial charge < -0.3 is 4.84 Å². The minimum absolute atomic E-state index is 0.490. The number of hydrogen-bond acceptors (Lipinski definition) is 2. The minimum Gasteiger partial charge on any atom is -0.399 e.